The van der Waals surface area contributed by atoms with Crippen molar-refractivity contribution in [3.05, 3.63) is 83.6 Å². The highest BCUT2D eigenvalue weighted by Gasteiger charge is 2.25. The van der Waals surface area contributed by atoms with Gasteiger partial charge in [0.25, 0.3) is 5.91 Å². The third kappa shape index (κ3) is 4.82. The van der Waals surface area contributed by atoms with Crippen molar-refractivity contribution in [2.45, 2.75) is 38.6 Å². The van der Waals surface area contributed by atoms with Gasteiger partial charge < -0.3 is 24.9 Å². The van der Waals surface area contributed by atoms with Crippen LogP contribution >= 0.6 is 0 Å². The van der Waals surface area contributed by atoms with Gasteiger partial charge >= 0.3 is 0 Å². The first kappa shape index (κ1) is 23.9. The van der Waals surface area contributed by atoms with E-state index < -0.39 is 6.04 Å². The fraction of sp³-hybridized carbons (Fsp3) is 0.300. The Morgan fingerprint density at radius 3 is 2.53 bits per heavy atom. The fourth-order valence-corrected chi connectivity index (χ4v) is 4.64. The van der Waals surface area contributed by atoms with Gasteiger partial charge in [0.1, 0.15) is 13.2 Å². The molecule has 3 aromatic carbocycles. The zero-order valence-corrected chi connectivity index (χ0v) is 20.9. The molecule has 0 unspecified atom stereocenters. The minimum Gasteiger partial charge on any atom is -0.486 e. The molecule has 0 bridgehead atoms. The molecule has 1 atom stereocenters. The highest BCUT2D eigenvalue weighted by Crippen LogP contribution is 2.39. The Hall–Kier alpha value is -3.77. The number of carbonyl (C=O) groups excluding carboxylic acids is 1. The number of ether oxygens (including phenoxy) is 2. The quantitative estimate of drug-likeness (QED) is 0.350. The number of aromatic nitrogens is 1. The molecule has 3 N–H and O–H groups in total. The second-order valence-electron chi connectivity index (χ2n) is 10.3. The lowest BCUT2D eigenvalue weighted by Crippen LogP contribution is -2.39. The van der Waals surface area contributed by atoms with Gasteiger partial charge in [-0.05, 0) is 52.3 Å². The van der Waals surface area contributed by atoms with E-state index in [4.69, 9.17) is 9.47 Å². The Bertz CT molecular complexity index is 1380. The molecular formula is C30H32N2O4. The van der Waals surface area contributed by atoms with Crippen LogP contribution in [0.1, 0.15) is 42.3 Å². The largest absolute Gasteiger partial charge is 0.486 e. The van der Waals surface area contributed by atoms with E-state index in [1.165, 1.54) is 5.56 Å². The molecule has 1 aliphatic rings. The van der Waals surface area contributed by atoms with Crippen molar-refractivity contribution in [1.29, 1.82) is 0 Å². The second-order valence-corrected chi connectivity index (χ2v) is 10.3. The number of H-pyrrole nitrogens is 1. The summed E-state index contributed by atoms with van der Waals surface area (Å²) < 4.78 is 11.7. The predicted octanol–water partition coefficient (Wildman–Crippen LogP) is 5.24. The zero-order chi connectivity index (χ0) is 25.3. The summed E-state index contributed by atoms with van der Waals surface area (Å²) in [6.45, 7) is 7.18. The number of aliphatic hydroxyl groups excluding tert-OH is 1. The number of amides is 1. The summed E-state index contributed by atoms with van der Waals surface area (Å²) in [5.74, 6) is 0.697. The van der Waals surface area contributed by atoms with Crippen LogP contribution in [-0.2, 0) is 11.8 Å². The van der Waals surface area contributed by atoms with E-state index in [1.54, 1.807) is 0 Å². The van der Waals surface area contributed by atoms with Crippen molar-refractivity contribution in [2.24, 2.45) is 0 Å². The summed E-state index contributed by atoms with van der Waals surface area (Å²) in [7, 11) is 0. The smallest absolute Gasteiger partial charge is 0.255 e. The topological polar surface area (TPSA) is 83.6 Å². The number of aliphatic hydroxyl groups is 1. The molecular weight excluding hydrogens is 452 g/mol. The predicted molar refractivity (Wildman–Crippen MR) is 142 cm³/mol. The summed E-state index contributed by atoms with van der Waals surface area (Å²) in [6.07, 6.45) is 2.43. The van der Waals surface area contributed by atoms with Crippen LogP contribution in [0.2, 0.25) is 0 Å². The van der Waals surface area contributed by atoms with E-state index in [-0.39, 0.29) is 17.9 Å². The van der Waals surface area contributed by atoms with Crippen molar-refractivity contribution < 1.29 is 19.4 Å². The van der Waals surface area contributed by atoms with E-state index >= 15 is 0 Å². The molecule has 6 nitrogen and oxygen atoms in total. The van der Waals surface area contributed by atoms with Crippen LogP contribution in [0, 0.1) is 0 Å². The molecule has 1 amide bonds. The molecule has 5 rings (SSSR count). The highest BCUT2D eigenvalue weighted by atomic mass is 16.6. The number of para-hydroxylation sites is 1. The maximum atomic E-state index is 13.5. The molecule has 0 radical (unpaired) electrons. The number of rotatable bonds is 6. The van der Waals surface area contributed by atoms with E-state index in [2.05, 4.69) is 55.3 Å². The third-order valence-corrected chi connectivity index (χ3v) is 6.67. The summed E-state index contributed by atoms with van der Waals surface area (Å²) >= 11 is 0. The van der Waals surface area contributed by atoms with Gasteiger partial charge in [-0.15, -0.1) is 0 Å². The van der Waals surface area contributed by atoms with Crippen molar-refractivity contribution >= 4 is 16.8 Å². The van der Waals surface area contributed by atoms with Gasteiger partial charge in [0, 0.05) is 17.1 Å². The number of hydrogen-bond donors (Lipinski definition) is 3. The van der Waals surface area contributed by atoms with Gasteiger partial charge in [-0.3, -0.25) is 4.79 Å². The molecule has 0 saturated carbocycles. The van der Waals surface area contributed by atoms with Gasteiger partial charge in [0.2, 0.25) is 0 Å². The number of benzene rings is 3. The van der Waals surface area contributed by atoms with Crippen LogP contribution in [0.4, 0.5) is 0 Å². The van der Waals surface area contributed by atoms with E-state index in [9.17, 15) is 9.90 Å². The van der Waals surface area contributed by atoms with Crippen LogP contribution in [-0.4, -0.2) is 41.9 Å². The second kappa shape index (κ2) is 9.70. The molecule has 6 heteroatoms. The van der Waals surface area contributed by atoms with Gasteiger partial charge in [0.15, 0.2) is 11.5 Å². The molecule has 0 spiro atoms. The van der Waals surface area contributed by atoms with Crippen molar-refractivity contribution in [1.82, 2.24) is 10.3 Å². The Kier molecular flexibility index (Phi) is 6.46. The lowest BCUT2D eigenvalue weighted by Gasteiger charge is -2.24. The van der Waals surface area contributed by atoms with Crippen LogP contribution in [0.5, 0.6) is 11.5 Å². The molecule has 36 heavy (non-hydrogen) atoms. The Morgan fingerprint density at radius 2 is 1.78 bits per heavy atom. The number of nitrogens with one attached hydrogen (secondary N) is 2. The summed E-state index contributed by atoms with van der Waals surface area (Å²) in [5.41, 5.74) is 5.64. The minimum absolute atomic E-state index is 0.0560. The van der Waals surface area contributed by atoms with E-state index in [0.29, 0.717) is 36.7 Å². The van der Waals surface area contributed by atoms with Gasteiger partial charge in [-0.25, -0.2) is 0 Å². The Labute approximate surface area is 211 Å². The maximum Gasteiger partial charge on any atom is 0.255 e. The SMILES string of the molecule is CC(C)(C)c1ccc(-c2cc3c(c(C(=O)N[C@@H](CO)Cc4c[nH]c5ccccc45)c2)OCCO3)cc1. The first-order valence-electron chi connectivity index (χ1n) is 12.3. The van der Waals surface area contributed by atoms with Gasteiger partial charge in [-0.2, -0.15) is 0 Å². The van der Waals surface area contributed by atoms with Crippen LogP contribution in [0.3, 0.4) is 0 Å². The summed E-state index contributed by atoms with van der Waals surface area (Å²) in [5, 5.41) is 14.2. The number of carbonyl (C=O) groups is 1. The maximum absolute atomic E-state index is 13.5. The first-order chi connectivity index (χ1) is 17.3. The third-order valence-electron chi connectivity index (χ3n) is 6.67. The number of fused-ring (bicyclic) bond motifs is 2. The molecule has 0 aliphatic carbocycles. The molecule has 186 valence electrons. The van der Waals surface area contributed by atoms with Crippen LogP contribution in [0.15, 0.2) is 66.9 Å². The summed E-state index contributed by atoms with van der Waals surface area (Å²) in [4.78, 5) is 16.7. The first-order valence-corrected chi connectivity index (χ1v) is 12.3. The highest BCUT2D eigenvalue weighted by molar-refractivity contribution is 5.99. The average Bonchev–Trinajstić information content (AvgIpc) is 3.30. The lowest BCUT2D eigenvalue weighted by atomic mass is 9.86. The standard InChI is InChI=1S/C30H32N2O4/c1-30(2,3)22-10-8-19(9-11-22)20-15-25(28-27(16-20)35-12-13-36-28)29(34)32-23(18-33)14-21-17-31-26-7-5-4-6-24(21)26/h4-11,15-17,23,31,33H,12-14,18H2,1-3H3,(H,32,34)/t23-/m1/s1. The Morgan fingerprint density at radius 1 is 1.03 bits per heavy atom. The fourth-order valence-electron chi connectivity index (χ4n) is 4.64. The molecule has 0 saturated heterocycles. The molecule has 1 aromatic heterocycles. The zero-order valence-electron chi connectivity index (χ0n) is 20.9. The van der Waals surface area contributed by atoms with Crippen molar-refractivity contribution in [3.8, 4) is 22.6 Å². The van der Waals surface area contributed by atoms with Gasteiger partial charge in [-0.1, -0.05) is 63.2 Å². The van der Waals surface area contributed by atoms with E-state index in [0.717, 1.165) is 27.6 Å². The lowest BCUT2D eigenvalue weighted by molar-refractivity contribution is 0.0906. The van der Waals surface area contributed by atoms with Gasteiger partial charge in [0.05, 0.1) is 18.2 Å². The molecule has 2 heterocycles. The number of hydrogen-bond acceptors (Lipinski definition) is 4. The summed E-state index contributed by atoms with van der Waals surface area (Å²) in [6, 6.07) is 19.7. The number of aromatic amines is 1. The van der Waals surface area contributed by atoms with E-state index in [1.807, 2.05) is 42.6 Å². The van der Waals surface area contributed by atoms with Crippen LogP contribution < -0.4 is 14.8 Å². The normalized spacial score (nSPS) is 14.0. The monoisotopic (exact) mass is 484 g/mol. The molecule has 0 fully saturated rings. The minimum atomic E-state index is -0.452. The molecule has 1 aliphatic heterocycles. The van der Waals surface area contributed by atoms with Crippen molar-refractivity contribution in [3.63, 3.8) is 0 Å². The van der Waals surface area contributed by atoms with Crippen molar-refractivity contribution in [2.75, 3.05) is 19.8 Å². The average molecular weight is 485 g/mol. The van der Waals surface area contributed by atoms with Crippen LogP contribution in [0.25, 0.3) is 22.0 Å². The Balaban J connectivity index is 1.43. The molecule has 4 aromatic rings.